The summed E-state index contributed by atoms with van der Waals surface area (Å²) in [5, 5.41) is 3.33. The van der Waals surface area contributed by atoms with Gasteiger partial charge in [0.25, 0.3) is 0 Å². The predicted octanol–water partition coefficient (Wildman–Crippen LogP) is 1.98. The highest BCUT2D eigenvalue weighted by Crippen LogP contribution is 2.21. The molecule has 0 aliphatic carbocycles. The lowest BCUT2D eigenvalue weighted by atomic mass is 10.1. The lowest BCUT2D eigenvalue weighted by Crippen LogP contribution is -2.35. The van der Waals surface area contributed by atoms with Crippen molar-refractivity contribution < 1.29 is 4.79 Å². The lowest BCUT2D eigenvalue weighted by molar-refractivity contribution is -0.129. The fourth-order valence-electron chi connectivity index (χ4n) is 2.22. The highest BCUT2D eigenvalue weighted by atomic mass is 32.2. The van der Waals surface area contributed by atoms with Gasteiger partial charge in [-0.1, -0.05) is 13.3 Å². The van der Waals surface area contributed by atoms with Gasteiger partial charge < -0.3 is 10.2 Å². The molecule has 3 nitrogen and oxygen atoms in total. The molecule has 2 unspecified atom stereocenters. The van der Waals surface area contributed by atoms with Crippen LogP contribution >= 0.6 is 11.8 Å². The molecule has 0 radical (unpaired) electrons. The van der Waals surface area contributed by atoms with E-state index in [-0.39, 0.29) is 5.25 Å². The van der Waals surface area contributed by atoms with Crippen molar-refractivity contribution in [2.45, 2.75) is 38.4 Å². The van der Waals surface area contributed by atoms with Crippen LogP contribution in [0.1, 0.15) is 33.1 Å². The van der Waals surface area contributed by atoms with Crippen molar-refractivity contribution >= 4 is 17.7 Å². The van der Waals surface area contributed by atoms with Crippen molar-refractivity contribution in [3.63, 3.8) is 0 Å². The van der Waals surface area contributed by atoms with Gasteiger partial charge in [0.15, 0.2) is 0 Å². The number of rotatable bonds is 7. The minimum atomic E-state index is 0.134. The first-order valence-electron chi connectivity index (χ1n) is 6.74. The van der Waals surface area contributed by atoms with Crippen molar-refractivity contribution in [1.82, 2.24) is 10.2 Å². The number of unbranched alkanes of at least 4 members (excludes halogenated alkanes) is 1. The summed E-state index contributed by atoms with van der Waals surface area (Å²) in [6.45, 7) is 7.16. The van der Waals surface area contributed by atoms with Crippen LogP contribution < -0.4 is 5.32 Å². The first kappa shape index (κ1) is 14.8. The van der Waals surface area contributed by atoms with E-state index in [0.29, 0.717) is 11.8 Å². The maximum atomic E-state index is 12.2. The Bertz CT molecular complexity index is 235. The summed E-state index contributed by atoms with van der Waals surface area (Å²) in [5.41, 5.74) is 0. The third-order valence-electron chi connectivity index (χ3n) is 3.30. The molecule has 1 heterocycles. The van der Waals surface area contributed by atoms with Crippen molar-refractivity contribution in [2.24, 2.45) is 5.92 Å². The van der Waals surface area contributed by atoms with Gasteiger partial charge in [-0.2, -0.15) is 0 Å². The van der Waals surface area contributed by atoms with Crippen LogP contribution in [0.25, 0.3) is 0 Å². The van der Waals surface area contributed by atoms with Gasteiger partial charge in [0, 0.05) is 13.1 Å². The second kappa shape index (κ2) is 7.98. The third-order valence-corrected chi connectivity index (χ3v) is 4.53. The summed E-state index contributed by atoms with van der Waals surface area (Å²) < 4.78 is 0. The second-order valence-electron chi connectivity index (χ2n) is 4.86. The van der Waals surface area contributed by atoms with Gasteiger partial charge in [0.2, 0.25) is 5.91 Å². The number of thioether (sulfide) groups is 1. The molecule has 0 aromatic carbocycles. The largest absolute Gasteiger partial charge is 0.341 e. The molecule has 0 saturated carbocycles. The number of nitrogens with zero attached hydrogens (tertiary/aromatic N) is 1. The fraction of sp³-hybridized carbons (Fsp3) is 0.923. The Hall–Kier alpha value is -0.220. The third kappa shape index (κ3) is 4.88. The molecule has 1 fully saturated rings. The molecule has 4 heteroatoms. The molecule has 1 aliphatic rings. The van der Waals surface area contributed by atoms with Gasteiger partial charge in [-0.15, -0.1) is 11.8 Å². The summed E-state index contributed by atoms with van der Waals surface area (Å²) in [7, 11) is 1.98. The molecule has 100 valence electrons. The summed E-state index contributed by atoms with van der Waals surface area (Å²) in [5.74, 6) is 2.10. The molecule has 0 aromatic heterocycles. The summed E-state index contributed by atoms with van der Waals surface area (Å²) in [6.07, 6.45) is 3.57. The molecule has 0 spiro atoms. The normalized spacial score (nSPS) is 21.8. The van der Waals surface area contributed by atoms with Crippen molar-refractivity contribution in [3.05, 3.63) is 0 Å². The van der Waals surface area contributed by atoms with E-state index in [4.69, 9.17) is 0 Å². The smallest absolute Gasteiger partial charge is 0.235 e. The topological polar surface area (TPSA) is 32.3 Å². The van der Waals surface area contributed by atoms with Gasteiger partial charge in [-0.05, 0) is 45.0 Å². The molecule has 1 amide bonds. The zero-order valence-corrected chi connectivity index (χ0v) is 12.2. The molecule has 17 heavy (non-hydrogen) atoms. The number of hydrogen-bond acceptors (Lipinski definition) is 3. The van der Waals surface area contributed by atoms with Crippen molar-refractivity contribution in [2.75, 3.05) is 32.4 Å². The lowest BCUT2D eigenvalue weighted by Gasteiger charge is -2.20. The van der Waals surface area contributed by atoms with E-state index in [1.54, 1.807) is 11.8 Å². The van der Waals surface area contributed by atoms with Crippen LogP contribution in [0.15, 0.2) is 0 Å². The van der Waals surface area contributed by atoms with Gasteiger partial charge in [-0.25, -0.2) is 0 Å². The van der Waals surface area contributed by atoms with Gasteiger partial charge >= 0.3 is 0 Å². The van der Waals surface area contributed by atoms with Crippen LogP contribution in [0.3, 0.4) is 0 Å². The molecule has 1 rings (SSSR count). The zero-order valence-electron chi connectivity index (χ0n) is 11.4. The Morgan fingerprint density at radius 1 is 1.59 bits per heavy atom. The number of amides is 1. The van der Waals surface area contributed by atoms with Crippen LogP contribution in [0.2, 0.25) is 0 Å². The standard InChI is InChI=1S/C13H26N2OS/c1-4-5-8-17-11(2)13(16)15-7-6-12(10-15)9-14-3/h11-12,14H,4-10H2,1-3H3. The van der Waals surface area contributed by atoms with Gasteiger partial charge in [-0.3, -0.25) is 4.79 Å². The van der Waals surface area contributed by atoms with Crippen LogP contribution in [0.4, 0.5) is 0 Å². The van der Waals surface area contributed by atoms with Crippen molar-refractivity contribution in [1.29, 1.82) is 0 Å². The summed E-state index contributed by atoms with van der Waals surface area (Å²) in [6, 6.07) is 0. The Morgan fingerprint density at radius 2 is 2.35 bits per heavy atom. The van der Waals surface area contributed by atoms with Crippen molar-refractivity contribution in [3.8, 4) is 0 Å². The molecule has 1 aliphatic heterocycles. The number of likely N-dealkylation sites (tertiary alicyclic amines) is 1. The van der Waals surface area contributed by atoms with E-state index < -0.39 is 0 Å². The minimum absolute atomic E-state index is 0.134. The summed E-state index contributed by atoms with van der Waals surface area (Å²) >= 11 is 1.80. The van der Waals surface area contributed by atoms with E-state index in [0.717, 1.165) is 31.8 Å². The molecule has 0 bridgehead atoms. The average molecular weight is 258 g/mol. The van der Waals surface area contributed by atoms with Gasteiger partial charge in [0.05, 0.1) is 5.25 Å². The highest BCUT2D eigenvalue weighted by Gasteiger charge is 2.28. The number of hydrogen-bond donors (Lipinski definition) is 1. The molecule has 0 aromatic rings. The van der Waals surface area contributed by atoms with Crippen LogP contribution in [-0.2, 0) is 4.79 Å². The predicted molar refractivity (Wildman–Crippen MR) is 75.4 cm³/mol. The number of carbonyl (C=O) groups is 1. The van der Waals surface area contributed by atoms with E-state index >= 15 is 0 Å². The SMILES string of the molecule is CCCCSC(C)C(=O)N1CCC(CNC)C1. The number of carbonyl (C=O) groups excluding carboxylic acids is 1. The van der Waals surface area contributed by atoms with E-state index in [1.807, 2.05) is 18.9 Å². The fourth-order valence-corrected chi connectivity index (χ4v) is 3.32. The zero-order chi connectivity index (χ0) is 12.7. The minimum Gasteiger partial charge on any atom is -0.341 e. The first-order chi connectivity index (χ1) is 8.19. The maximum Gasteiger partial charge on any atom is 0.235 e. The second-order valence-corrected chi connectivity index (χ2v) is 6.31. The molecule has 1 saturated heterocycles. The van der Waals surface area contributed by atoms with Crippen LogP contribution in [-0.4, -0.2) is 48.5 Å². The summed E-state index contributed by atoms with van der Waals surface area (Å²) in [4.78, 5) is 14.2. The van der Waals surface area contributed by atoms with E-state index in [1.165, 1.54) is 12.8 Å². The number of nitrogens with one attached hydrogen (secondary N) is 1. The molecular weight excluding hydrogens is 232 g/mol. The Kier molecular flexibility index (Phi) is 6.97. The maximum absolute atomic E-state index is 12.2. The quantitative estimate of drug-likeness (QED) is 0.709. The molecule has 1 N–H and O–H groups in total. The van der Waals surface area contributed by atoms with Crippen LogP contribution in [0, 0.1) is 5.92 Å². The Balaban J connectivity index is 2.27. The highest BCUT2D eigenvalue weighted by molar-refractivity contribution is 8.00. The first-order valence-corrected chi connectivity index (χ1v) is 7.78. The van der Waals surface area contributed by atoms with Gasteiger partial charge in [0.1, 0.15) is 0 Å². The molecule has 2 atom stereocenters. The Morgan fingerprint density at radius 3 is 3.00 bits per heavy atom. The average Bonchev–Trinajstić information content (AvgIpc) is 2.77. The monoisotopic (exact) mass is 258 g/mol. The van der Waals surface area contributed by atoms with E-state index in [9.17, 15) is 4.79 Å². The van der Waals surface area contributed by atoms with Crippen LogP contribution in [0.5, 0.6) is 0 Å². The molecular formula is C13H26N2OS. The van der Waals surface area contributed by atoms with E-state index in [2.05, 4.69) is 12.2 Å². The Labute approximate surface area is 110 Å².